The number of carbonyl (C=O) groups is 2. The van der Waals surface area contributed by atoms with Crippen LogP contribution in [-0.2, 0) is 11.3 Å². The summed E-state index contributed by atoms with van der Waals surface area (Å²) in [7, 11) is 0. The van der Waals surface area contributed by atoms with Gasteiger partial charge in [-0.3, -0.25) is 4.79 Å². The number of carbonyl (C=O) groups excluding carboxylic acids is 2. The molecule has 0 saturated heterocycles. The molecule has 9 heteroatoms. The first-order valence-corrected chi connectivity index (χ1v) is 10.1. The number of benzene rings is 2. The van der Waals surface area contributed by atoms with Gasteiger partial charge in [0.1, 0.15) is 24.2 Å². The van der Waals surface area contributed by atoms with Gasteiger partial charge in [-0.05, 0) is 36.2 Å². The molecule has 1 aliphatic heterocycles. The summed E-state index contributed by atoms with van der Waals surface area (Å²) in [5, 5.41) is 8.12. The Bertz CT molecular complexity index is 891. The molecular formula is C22H26FN3O5. The molecule has 2 aromatic rings. The summed E-state index contributed by atoms with van der Waals surface area (Å²) in [6.07, 6.45) is 1.23. The molecule has 166 valence electrons. The van der Waals surface area contributed by atoms with E-state index in [1.807, 2.05) is 6.92 Å². The zero-order valence-electron chi connectivity index (χ0n) is 17.3. The minimum Gasteiger partial charge on any atom is -0.492 e. The zero-order chi connectivity index (χ0) is 22.1. The van der Waals surface area contributed by atoms with Crippen molar-refractivity contribution >= 4 is 11.9 Å². The number of hydrogen-bond acceptors (Lipinski definition) is 5. The van der Waals surface area contributed by atoms with E-state index in [1.54, 1.807) is 30.3 Å². The largest absolute Gasteiger partial charge is 0.492 e. The average Bonchev–Trinajstić information content (AvgIpc) is 3.24. The SMILES string of the molecule is CCCC(NC(=O)NCc1ccc(F)cc1)C(=O)NCCOc1ccc2c(c1)OCO2. The predicted molar refractivity (Wildman–Crippen MR) is 112 cm³/mol. The summed E-state index contributed by atoms with van der Waals surface area (Å²) in [4.78, 5) is 24.6. The second-order valence-electron chi connectivity index (χ2n) is 6.95. The molecule has 8 nitrogen and oxygen atoms in total. The molecule has 0 saturated carbocycles. The topological polar surface area (TPSA) is 97.9 Å². The third kappa shape index (κ3) is 6.77. The lowest BCUT2D eigenvalue weighted by Crippen LogP contribution is -2.50. The van der Waals surface area contributed by atoms with E-state index < -0.39 is 12.1 Å². The molecule has 0 radical (unpaired) electrons. The van der Waals surface area contributed by atoms with Crippen LogP contribution in [0.2, 0.25) is 0 Å². The number of ether oxygens (including phenoxy) is 3. The molecule has 1 heterocycles. The summed E-state index contributed by atoms with van der Waals surface area (Å²) in [6.45, 7) is 2.91. The van der Waals surface area contributed by atoms with Gasteiger partial charge in [0.15, 0.2) is 11.5 Å². The van der Waals surface area contributed by atoms with Crippen molar-refractivity contribution in [3.05, 3.63) is 53.8 Å². The Hall–Kier alpha value is -3.49. The highest BCUT2D eigenvalue weighted by atomic mass is 19.1. The Morgan fingerprint density at radius 3 is 2.65 bits per heavy atom. The molecule has 0 spiro atoms. The van der Waals surface area contributed by atoms with Gasteiger partial charge in [0.05, 0.1) is 6.54 Å². The maximum Gasteiger partial charge on any atom is 0.315 e. The molecule has 1 aliphatic rings. The van der Waals surface area contributed by atoms with E-state index in [1.165, 1.54) is 12.1 Å². The molecule has 2 aromatic carbocycles. The van der Waals surface area contributed by atoms with Crippen LogP contribution >= 0.6 is 0 Å². The van der Waals surface area contributed by atoms with E-state index in [0.717, 1.165) is 12.0 Å². The van der Waals surface area contributed by atoms with Crippen LogP contribution in [0.5, 0.6) is 17.2 Å². The van der Waals surface area contributed by atoms with E-state index in [4.69, 9.17) is 14.2 Å². The molecule has 3 amide bonds. The number of rotatable bonds is 10. The lowest BCUT2D eigenvalue weighted by Gasteiger charge is -2.18. The van der Waals surface area contributed by atoms with Gasteiger partial charge >= 0.3 is 6.03 Å². The van der Waals surface area contributed by atoms with Crippen LogP contribution in [0.1, 0.15) is 25.3 Å². The number of nitrogens with one attached hydrogen (secondary N) is 3. The van der Waals surface area contributed by atoms with Gasteiger partial charge < -0.3 is 30.2 Å². The standard InChI is InChI=1S/C22H26FN3O5/c1-2-3-18(26-22(28)25-13-15-4-6-16(23)7-5-15)21(27)24-10-11-29-17-8-9-19-20(12-17)31-14-30-19/h4-9,12,18H,2-3,10-11,13-14H2,1H3,(H,24,27)(H2,25,26,28). The quantitative estimate of drug-likeness (QED) is 0.503. The third-order valence-corrected chi connectivity index (χ3v) is 4.58. The van der Waals surface area contributed by atoms with Crippen LogP contribution in [-0.4, -0.2) is 37.9 Å². The predicted octanol–water partition coefficient (Wildman–Crippen LogP) is 2.72. The minimum absolute atomic E-state index is 0.193. The van der Waals surface area contributed by atoms with Gasteiger partial charge in [-0.15, -0.1) is 0 Å². The Kier molecular flexibility index (Phi) is 7.91. The van der Waals surface area contributed by atoms with E-state index in [-0.39, 0.29) is 38.2 Å². The first-order chi connectivity index (χ1) is 15.0. The van der Waals surface area contributed by atoms with Crippen molar-refractivity contribution in [3.63, 3.8) is 0 Å². The fourth-order valence-corrected chi connectivity index (χ4v) is 2.98. The van der Waals surface area contributed by atoms with Crippen LogP contribution < -0.4 is 30.2 Å². The lowest BCUT2D eigenvalue weighted by molar-refractivity contribution is -0.123. The summed E-state index contributed by atoms with van der Waals surface area (Å²) in [5.74, 6) is 1.29. The first-order valence-electron chi connectivity index (χ1n) is 10.1. The fraction of sp³-hybridized carbons (Fsp3) is 0.364. The zero-order valence-corrected chi connectivity index (χ0v) is 17.3. The van der Waals surface area contributed by atoms with E-state index in [9.17, 15) is 14.0 Å². The summed E-state index contributed by atoms with van der Waals surface area (Å²) in [5.41, 5.74) is 0.758. The number of urea groups is 1. The molecule has 1 atom stereocenters. The molecule has 0 fully saturated rings. The monoisotopic (exact) mass is 431 g/mol. The molecular weight excluding hydrogens is 405 g/mol. The van der Waals surface area contributed by atoms with Gasteiger partial charge in [-0.2, -0.15) is 0 Å². The van der Waals surface area contributed by atoms with E-state index >= 15 is 0 Å². The van der Waals surface area contributed by atoms with Crippen molar-refractivity contribution in [2.75, 3.05) is 19.9 Å². The number of halogens is 1. The number of fused-ring (bicyclic) bond motifs is 1. The van der Waals surface area contributed by atoms with Crippen LogP contribution in [0.4, 0.5) is 9.18 Å². The summed E-state index contributed by atoms with van der Waals surface area (Å²) < 4.78 is 29.1. The summed E-state index contributed by atoms with van der Waals surface area (Å²) >= 11 is 0. The smallest absolute Gasteiger partial charge is 0.315 e. The Balaban J connectivity index is 1.39. The second-order valence-corrected chi connectivity index (χ2v) is 6.95. The molecule has 0 aromatic heterocycles. The molecule has 0 aliphatic carbocycles. The van der Waals surface area contributed by atoms with Crippen LogP contribution in [0, 0.1) is 5.82 Å². The van der Waals surface area contributed by atoms with Gasteiger partial charge in [0, 0.05) is 12.6 Å². The van der Waals surface area contributed by atoms with Crippen molar-refractivity contribution in [3.8, 4) is 17.2 Å². The van der Waals surface area contributed by atoms with Crippen LogP contribution in [0.25, 0.3) is 0 Å². The molecule has 0 bridgehead atoms. The highest BCUT2D eigenvalue weighted by molar-refractivity contribution is 5.86. The van der Waals surface area contributed by atoms with E-state index in [0.29, 0.717) is 23.7 Å². The maximum atomic E-state index is 12.9. The molecule has 3 rings (SSSR count). The van der Waals surface area contributed by atoms with Gasteiger partial charge in [-0.1, -0.05) is 25.5 Å². The van der Waals surface area contributed by atoms with E-state index in [2.05, 4.69) is 16.0 Å². The highest BCUT2D eigenvalue weighted by Gasteiger charge is 2.19. The molecule has 31 heavy (non-hydrogen) atoms. The third-order valence-electron chi connectivity index (χ3n) is 4.58. The van der Waals surface area contributed by atoms with Crippen LogP contribution in [0.15, 0.2) is 42.5 Å². The minimum atomic E-state index is -0.663. The lowest BCUT2D eigenvalue weighted by atomic mass is 10.1. The van der Waals surface area contributed by atoms with Gasteiger partial charge in [0.25, 0.3) is 0 Å². The normalized spacial score (nSPS) is 12.7. The van der Waals surface area contributed by atoms with Crippen molar-refractivity contribution in [2.24, 2.45) is 0 Å². The number of hydrogen-bond donors (Lipinski definition) is 3. The molecule has 3 N–H and O–H groups in total. The Morgan fingerprint density at radius 2 is 1.87 bits per heavy atom. The molecule has 1 unspecified atom stereocenters. The first kappa shape index (κ1) is 22.2. The van der Waals surface area contributed by atoms with Gasteiger partial charge in [0.2, 0.25) is 12.7 Å². The average molecular weight is 431 g/mol. The Morgan fingerprint density at radius 1 is 1.10 bits per heavy atom. The van der Waals surface area contributed by atoms with Crippen molar-refractivity contribution in [1.29, 1.82) is 0 Å². The Labute approximate surface area is 180 Å². The highest BCUT2D eigenvalue weighted by Crippen LogP contribution is 2.34. The van der Waals surface area contributed by atoms with Crippen molar-refractivity contribution in [2.45, 2.75) is 32.4 Å². The van der Waals surface area contributed by atoms with Gasteiger partial charge in [-0.25, -0.2) is 9.18 Å². The summed E-state index contributed by atoms with van der Waals surface area (Å²) in [6, 6.07) is 9.97. The van der Waals surface area contributed by atoms with Crippen molar-refractivity contribution < 1.29 is 28.2 Å². The number of amides is 3. The maximum absolute atomic E-state index is 12.9. The fourth-order valence-electron chi connectivity index (χ4n) is 2.98. The second kappa shape index (κ2) is 11.1. The van der Waals surface area contributed by atoms with Crippen molar-refractivity contribution in [1.82, 2.24) is 16.0 Å². The van der Waals surface area contributed by atoms with Crippen LogP contribution in [0.3, 0.4) is 0 Å².